The molecule has 0 aliphatic heterocycles. The van der Waals surface area contributed by atoms with Gasteiger partial charge in [-0.15, -0.1) is 0 Å². The molecule has 0 amide bonds. The predicted molar refractivity (Wildman–Crippen MR) is 56.6 cm³/mol. The minimum Gasteiger partial charge on any atom is -0.461 e. The molecule has 1 rings (SSSR count). The molecule has 0 saturated carbocycles. The summed E-state index contributed by atoms with van der Waals surface area (Å²) in [5.41, 5.74) is 5.53. The standard InChI is InChI=1S/C10H12O2.CH5N/c1-2-10(11)12-8-9-6-4-3-5-7-9;1-2/h3-7H,2,8H2,1H3;2H2,1H3. The lowest BCUT2D eigenvalue weighted by Gasteiger charge is -2.01. The lowest BCUT2D eigenvalue weighted by molar-refractivity contribution is -0.144. The highest BCUT2D eigenvalue weighted by Gasteiger charge is 1.97. The molecule has 0 aliphatic carbocycles. The smallest absolute Gasteiger partial charge is 0.305 e. The molecule has 0 spiro atoms. The number of nitrogens with two attached hydrogens (primary N) is 1. The quantitative estimate of drug-likeness (QED) is 0.747. The second-order valence-electron chi connectivity index (χ2n) is 2.50. The van der Waals surface area contributed by atoms with Gasteiger partial charge in [0.25, 0.3) is 0 Å². The van der Waals surface area contributed by atoms with Crippen molar-refractivity contribution in [2.75, 3.05) is 7.05 Å². The summed E-state index contributed by atoms with van der Waals surface area (Å²) in [7, 11) is 1.50. The van der Waals surface area contributed by atoms with Crippen molar-refractivity contribution in [1.29, 1.82) is 0 Å². The number of ether oxygens (including phenoxy) is 1. The van der Waals surface area contributed by atoms with E-state index in [-0.39, 0.29) is 5.97 Å². The Balaban J connectivity index is 0.000000791. The Morgan fingerprint density at radius 2 is 1.86 bits per heavy atom. The number of rotatable bonds is 3. The van der Waals surface area contributed by atoms with Gasteiger partial charge in [-0.3, -0.25) is 4.79 Å². The maximum absolute atomic E-state index is 10.8. The van der Waals surface area contributed by atoms with Crippen LogP contribution in [0, 0.1) is 0 Å². The summed E-state index contributed by atoms with van der Waals surface area (Å²) in [5, 5.41) is 0. The van der Waals surface area contributed by atoms with Crippen molar-refractivity contribution in [2.45, 2.75) is 20.0 Å². The number of carbonyl (C=O) groups excluding carboxylic acids is 1. The molecular weight excluding hydrogens is 178 g/mol. The van der Waals surface area contributed by atoms with Crippen LogP contribution in [0.25, 0.3) is 0 Å². The van der Waals surface area contributed by atoms with E-state index in [0.717, 1.165) is 5.56 Å². The largest absolute Gasteiger partial charge is 0.461 e. The highest BCUT2D eigenvalue weighted by Crippen LogP contribution is 2.00. The first-order valence-electron chi connectivity index (χ1n) is 4.60. The second-order valence-corrected chi connectivity index (χ2v) is 2.50. The van der Waals surface area contributed by atoms with Crippen LogP contribution in [0.5, 0.6) is 0 Å². The third kappa shape index (κ3) is 5.32. The predicted octanol–water partition coefficient (Wildman–Crippen LogP) is 1.71. The topological polar surface area (TPSA) is 52.3 Å². The van der Waals surface area contributed by atoms with Gasteiger partial charge in [0.15, 0.2) is 0 Å². The molecule has 0 aliphatic rings. The highest BCUT2D eigenvalue weighted by atomic mass is 16.5. The van der Waals surface area contributed by atoms with Gasteiger partial charge in [0.2, 0.25) is 0 Å². The summed E-state index contributed by atoms with van der Waals surface area (Å²) < 4.78 is 4.94. The Labute approximate surface area is 84.9 Å². The lowest BCUT2D eigenvalue weighted by atomic mass is 10.2. The molecule has 2 N–H and O–H groups in total. The van der Waals surface area contributed by atoms with E-state index < -0.39 is 0 Å². The Morgan fingerprint density at radius 1 is 1.29 bits per heavy atom. The van der Waals surface area contributed by atoms with E-state index in [1.54, 1.807) is 6.92 Å². The molecule has 0 fully saturated rings. The first-order valence-corrected chi connectivity index (χ1v) is 4.60. The van der Waals surface area contributed by atoms with Crippen LogP contribution in [-0.4, -0.2) is 13.0 Å². The number of carbonyl (C=O) groups is 1. The molecule has 78 valence electrons. The van der Waals surface area contributed by atoms with Crippen LogP contribution in [0.15, 0.2) is 30.3 Å². The molecule has 1 aromatic carbocycles. The van der Waals surface area contributed by atoms with Crippen molar-refractivity contribution in [2.24, 2.45) is 5.73 Å². The van der Waals surface area contributed by atoms with E-state index in [1.165, 1.54) is 7.05 Å². The highest BCUT2D eigenvalue weighted by molar-refractivity contribution is 5.68. The lowest BCUT2D eigenvalue weighted by Crippen LogP contribution is -2.01. The molecule has 0 aromatic heterocycles. The van der Waals surface area contributed by atoms with Crippen LogP contribution in [0.3, 0.4) is 0 Å². The number of hydrogen-bond donors (Lipinski definition) is 1. The van der Waals surface area contributed by atoms with Crippen LogP contribution >= 0.6 is 0 Å². The molecule has 0 radical (unpaired) electrons. The summed E-state index contributed by atoms with van der Waals surface area (Å²) in [6, 6.07) is 9.65. The van der Waals surface area contributed by atoms with Crippen molar-refractivity contribution in [3.05, 3.63) is 35.9 Å². The molecule has 0 saturated heterocycles. The first kappa shape index (κ1) is 12.7. The van der Waals surface area contributed by atoms with E-state index in [4.69, 9.17) is 4.74 Å². The van der Waals surface area contributed by atoms with E-state index in [0.29, 0.717) is 13.0 Å². The normalized spacial score (nSPS) is 8.50. The Bertz CT molecular complexity index is 247. The van der Waals surface area contributed by atoms with Crippen molar-refractivity contribution in [3.8, 4) is 0 Å². The van der Waals surface area contributed by atoms with Crippen molar-refractivity contribution < 1.29 is 9.53 Å². The van der Waals surface area contributed by atoms with Crippen LogP contribution < -0.4 is 5.73 Å². The summed E-state index contributed by atoms with van der Waals surface area (Å²) in [4.78, 5) is 10.8. The summed E-state index contributed by atoms with van der Waals surface area (Å²) in [6.07, 6.45) is 0.437. The maximum atomic E-state index is 10.8. The molecule has 14 heavy (non-hydrogen) atoms. The van der Waals surface area contributed by atoms with Crippen LogP contribution in [0.2, 0.25) is 0 Å². The Hall–Kier alpha value is -1.35. The monoisotopic (exact) mass is 195 g/mol. The minimum atomic E-state index is -0.154. The van der Waals surface area contributed by atoms with Crippen LogP contribution in [0.4, 0.5) is 0 Å². The van der Waals surface area contributed by atoms with Gasteiger partial charge in [-0.1, -0.05) is 37.3 Å². The van der Waals surface area contributed by atoms with Crippen LogP contribution in [-0.2, 0) is 16.1 Å². The third-order valence-electron chi connectivity index (χ3n) is 1.53. The fourth-order valence-electron chi connectivity index (χ4n) is 0.840. The number of benzene rings is 1. The molecule has 0 unspecified atom stereocenters. The minimum absolute atomic E-state index is 0.154. The number of hydrogen-bond acceptors (Lipinski definition) is 3. The molecular formula is C11H17NO2. The van der Waals surface area contributed by atoms with Gasteiger partial charge in [-0.05, 0) is 12.6 Å². The van der Waals surface area contributed by atoms with Crippen LogP contribution in [0.1, 0.15) is 18.9 Å². The first-order chi connectivity index (χ1) is 6.83. The van der Waals surface area contributed by atoms with Crippen molar-refractivity contribution in [3.63, 3.8) is 0 Å². The van der Waals surface area contributed by atoms with E-state index in [9.17, 15) is 4.79 Å². The van der Waals surface area contributed by atoms with E-state index >= 15 is 0 Å². The molecule has 0 atom stereocenters. The zero-order valence-corrected chi connectivity index (χ0v) is 8.69. The zero-order chi connectivity index (χ0) is 10.8. The Kier molecular flexibility index (Phi) is 7.46. The van der Waals surface area contributed by atoms with Gasteiger partial charge in [-0.2, -0.15) is 0 Å². The van der Waals surface area contributed by atoms with Crippen molar-refractivity contribution in [1.82, 2.24) is 0 Å². The van der Waals surface area contributed by atoms with Gasteiger partial charge < -0.3 is 10.5 Å². The number of esters is 1. The zero-order valence-electron chi connectivity index (χ0n) is 8.69. The summed E-state index contributed by atoms with van der Waals surface area (Å²) in [5.74, 6) is -0.154. The third-order valence-corrected chi connectivity index (χ3v) is 1.53. The second kappa shape index (κ2) is 8.26. The van der Waals surface area contributed by atoms with Gasteiger partial charge in [0.05, 0.1) is 0 Å². The average molecular weight is 195 g/mol. The fraction of sp³-hybridized carbons (Fsp3) is 0.364. The fourth-order valence-corrected chi connectivity index (χ4v) is 0.840. The van der Waals surface area contributed by atoms with E-state index in [1.807, 2.05) is 30.3 Å². The SMILES string of the molecule is CCC(=O)OCc1ccccc1.CN. The summed E-state index contributed by atoms with van der Waals surface area (Å²) in [6.45, 7) is 2.17. The maximum Gasteiger partial charge on any atom is 0.305 e. The van der Waals surface area contributed by atoms with E-state index in [2.05, 4.69) is 5.73 Å². The van der Waals surface area contributed by atoms with Gasteiger partial charge in [-0.25, -0.2) is 0 Å². The summed E-state index contributed by atoms with van der Waals surface area (Å²) >= 11 is 0. The molecule has 0 bridgehead atoms. The molecule has 3 heteroatoms. The van der Waals surface area contributed by atoms with Gasteiger partial charge >= 0.3 is 5.97 Å². The average Bonchev–Trinajstić information content (AvgIpc) is 2.30. The molecule has 3 nitrogen and oxygen atoms in total. The van der Waals surface area contributed by atoms with Crippen molar-refractivity contribution >= 4 is 5.97 Å². The Morgan fingerprint density at radius 3 is 2.36 bits per heavy atom. The molecule has 1 aromatic rings. The van der Waals surface area contributed by atoms with Gasteiger partial charge in [0.1, 0.15) is 6.61 Å². The molecule has 0 heterocycles. The van der Waals surface area contributed by atoms with Gasteiger partial charge in [0, 0.05) is 6.42 Å².